The van der Waals surface area contributed by atoms with Gasteiger partial charge in [0.05, 0.1) is 22.8 Å². The Morgan fingerprint density at radius 3 is 2.20 bits per heavy atom. The zero-order chi connectivity index (χ0) is 18.4. The Bertz CT molecular complexity index is 733. The fourth-order valence-corrected chi connectivity index (χ4v) is 2.80. The van der Waals surface area contributed by atoms with Crippen LogP contribution in [-0.4, -0.2) is 39.0 Å². The predicted octanol–water partition coefficient (Wildman–Crippen LogP) is 2.11. The number of quaternary nitrogens is 1. The molecule has 2 rings (SSSR count). The van der Waals surface area contributed by atoms with Crippen molar-refractivity contribution in [3.8, 4) is 0 Å². The maximum atomic E-state index is 12.3. The Labute approximate surface area is 157 Å². The first kappa shape index (κ1) is 19.2. The highest BCUT2D eigenvalue weighted by Gasteiger charge is 2.19. The number of rotatable bonds is 6. The summed E-state index contributed by atoms with van der Waals surface area (Å²) in [5, 5.41) is 3.44. The van der Waals surface area contributed by atoms with Crippen LogP contribution in [0.1, 0.15) is 0 Å². The Hall–Kier alpha value is -2.08. The zero-order valence-corrected chi connectivity index (χ0v) is 15.6. The SMILES string of the molecule is CN(C(=O)C[NH+](C)CC(=O)Nc1c(Cl)cccc1Cl)c1ccccc1. The van der Waals surface area contributed by atoms with E-state index in [1.807, 2.05) is 30.3 Å². The van der Waals surface area contributed by atoms with Gasteiger partial charge >= 0.3 is 0 Å². The molecule has 1 atom stereocenters. The number of amides is 2. The van der Waals surface area contributed by atoms with Gasteiger partial charge in [-0.25, -0.2) is 0 Å². The first-order chi connectivity index (χ1) is 11.9. The average Bonchev–Trinajstić information content (AvgIpc) is 2.58. The van der Waals surface area contributed by atoms with Gasteiger partial charge in [0.1, 0.15) is 0 Å². The second kappa shape index (κ2) is 8.85. The lowest BCUT2D eigenvalue weighted by Crippen LogP contribution is -3.11. The van der Waals surface area contributed by atoms with E-state index in [9.17, 15) is 9.59 Å². The number of hydrogen-bond acceptors (Lipinski definition) is 2. The molecule has 2 aromatic rings. The molecule has 25 heavy (non-hydrogen) atoms. The molecule has 0 saturated heterocycles. The third-order valence-corrected chi connectivity index (χ3v) is 4.29. The smallest absolute Gasteiger partial charge is 0.281 e. The highest BCUT2D eigenvalue weighted by atomic mass is 35.5. The summed E-state index contributed by atoms with van der Waals surface area (Å²) in [5.41, 5.74) is 1.20. The Balaban J connectivity index is 1.90. The van der Waals surface area contributed by atoms with Gasteiger partial charge in [0.25, 0.3) is 11.8 Å². The maximum absolute atomic E-state index is 12.3. The van der Waals surface area contributed by atoms with Gasteiger partial charge in [0.2, 0.25) is 0 Å². The van der Waals surface area contributed by atoms with Crippen molar-refractivity contribution in [1.82, 2.24) is 0 Å². The predicted molar refractivity (Wildman–Crippen MR) is 102 cm³/mol. The number of benzene rings is 2. The molecule has 132 valence electrons. The van der Waals surface area contributed by atoms with Crippen LogP contribution in [0.5, 0.6) is 0 Å². The lowest BCUT2D eigenvalue weighted by molar-refractivity contribution is -0.862. The quantitative estimate of drug-likeness (QED) is 0.806. The third-order valence-electron chi connectivity index (χ3n) is 3.66. The van der Waals surface area contributed by atoms with Gasteiger partial charge < -0.3 is 15.1 Å². The van der Waals surface area contributed by atoms with Gasteiger partial charge in [-0.3, -0.25) is 9.59 Å². The Morgan fingerprint density at radius 1 is 1.00 bits per heavy atom. The van der Waals surface area contributed by atoms with Crippen LogP contribution >= 0.6 is 23.2 Å². The van der Waals surface area contributed by atoms with Crippen LogP contribution in [0.3, 0.4) is 0 Å². The topological polar surface area (TPSA) is 53.9 Å². The summed E-state index contributed by atoms with van der Waals surface area (Å²) < 4.78 is 0. The van der Waals surface area contributed by atoms with Crippen LogP contribution < -0.4 is 15.1 Å². The number of nitrogens with one attached hydrogen (secondary N) is 2. The average molecular weight is 381 g/mol. The molecule has 7 heteroatoms. The summed E-state index contributed by atoms with van der Waals surface area (Å²) in [6, 6.07) is 14.4. The van der Waals surface area contributed by atoms with E-state index in [-0.39, 0.29) is 24.9 Å². The largest absolute Gasteiger partial charge is 0.322 e. The minimum Gasteiger partial charge on any atom is -0.322 e. The van der Waals surface area contributed by atoms with E-state index in [0.717, 1.165) is 10.6 Å². The molecule has 2 aromatic carbocycles. The minimum absolute atomic E-state index is 0.0766. The second-order valence-corrected chi connectivity index (χ2v) is 6.56. The number of likely N-dealkylation sites (N-methyl/N-ethyl adjacent to an activating group) is 2. The summed E-state index contributed by atoms with van der Waals surface area (Å²) >= 11 is 12.1. The maximum Gasteiger partial charge on any atom is 0.281 e. The molecular formula is C18H20Cl2N3O2+. The van der Waals surface area contributed by atoms with Crippen molar-refractivity contribution in [2.45, 2.75) is 0 Å². The minimum atomic E-state index is -0.261. The molecule has 0 bridgehead atoms. The van der Waals surface area contributed by atoms with E-state index in [1.165, 1.54) is 0 Å². The van der Waals surface area contributed by atoms with Crippen molar-refractivity contribution in [3.63, 3.8) is 0 Å². The molecule has 0 spiro atoms. The number of hydrogen-bond donors (Lipinski definition) is 2. The van der Waals surface area contributed by atoms with Crippen molar-refractivity contribution in [2.75, 3.05) is 37.4 Å². The van der Waals surface area contributed by atoms with Gasteiger partial charge in [-0.1, -0.05) is 47.5 Å². The fourth-order valence-electron chi connectivity index (χ4n) is 2.31. The lowest BCUT2D eigenvalue weighted by Gasteiger charge is -2.20. The second-order valence-electron chi connectivity index (χ2n) is 5.74. The summed E-state index contributed by atoms with van der Waals surface area (Å²) in [4.78, 5) is 26.8. The van der Waals surface area contributed by atoms with Crippen LogP contribution in [0.15, 0.2) is 48.5 Å². The van der Waals surface area contributed by atoms with E-state index in [0.29, 0.717) is 15.7 Å². The van der Waals surface area contributed by atoms with Crippen LogP contribution in [0, 0.1) is 0 Å². The zero-order valence-electron chi connectivity index (χ0n) is 14.1. The standard InChI is InChI=1S/C18H19Cl2N3O2/c1-22(12-17(25)23(2)13-7-4-3-5-8-13)11-16(24)21-18-14(19)9-6-10-15(18)20/h3-10H,11-12H2,1-2H3,(H,21,24)/p+1. The van der Waals surface area contributed by atoms with Gasteiger partial charge in [-0.15, -0.1) is 0 Å². The number of anilines is 2. The molecule has 0 saturated carbocycles. The van der Waals surface area contributed by atoms with E-state index in [1.54, 1.807) is 37.2 Å². The molecule has 2 amide bonds. The van der Waals surface area contributed by atoms with Gasteiger partial charge in [-0.2, -0.15) is 0 Å². The molecule has 1 unspecified atom stereocenters. The van der Waals surface area contributed by atoms with Crippen molar-refractivity contribution in [3.05, 3.63) is 58.6 Å². The summed E-state index contributed by atoms with van der Waals surface area (Å²) in [7, 11) is 3.50. The van der Waals surface area contributed by atoms with E-state index in [2.05, 4.69) is 5.32 Å². The molecule has 5 nitrogen and oxygen atoms in total. The number of halogens is 2. The molecule has 0 aliphatic heterocycles. The molecule has 0 aromatic heterocycles. The van der Waals surface area contributed by atoms with E-state index >= 15 is 0 Å². The first-order valence-electron chi connectivity index (χ1n) is 7.75. The number of para-hydroxylation sites is 2. The Kier molecular flexibility index (Phi) is 6.82. The number of nitrogens with zero attached hydrogens (tertiary/aromatic N) is 1. The van der Waals surface area contributed by atoms with E-state index < -0.39 is 0 Å². The number of carbonyl (C=O) groups is 2. The van der Waals surface area contributed by atoms with Crippen molar-refractivity contribution in [1.29, 1.82) is 0 Å². The molecule has 0 aliphatic carbocycles. The highest BCUT2D eigenvalue weighted by molar-refractivity contribution is 6.39. The van der Waals surface area contributed by atoms with Crippen LogP contribution in [0.4, 0.5) is 11.4 Å². The van der Waals surface area contributed by atoms with Crippen molar-refractivity contribution >= 4 is 46.4 Å². The van der Waals surface area contributed by atoms with Crippen molar-refractivity contribution < 1.29 is 14.5 Å². The van der Waals surface area contributed by atoms with E-state index in [4.69, 9.17) is 23.2 Å². The Morgan fingerprint density at radius 2 is 1.60 bits per heavy atom. The summed E-state index contributed by atoms with van der Waals surface area (Å²) in [6.45, 7) is 0.311. The lowest BCUT2D eigenvalue weighted by atomic mass is 10.3. The van der Waals surface area contributed by atoms with Gasteiger partial charge in [-0.05, 0) is 24.3 Å². The highest BCUT2D eigenvalue weighted by Crippen LogP contribution is 2.29. The first-order valence-corrected chi connectivity index (χ1v) is 8.51. The summed E-state index contributed by atoms with van der Waals surface area (Å²) in [6.07, 6.45) is 0. The molecular weight excluding hydrogens is 361 g/mol. The molecule has 2 N–H and O–H groups in total. The van der Waals surface area contributed by atoms with Gasteiger partial charge in [0, 0.05) is 12.7 Å². The van der Waals surface area contributed by atoms with Crippen LogP contribution in [0.25, 0.3) is 0 Å². The van der Waals surface area contributed by atoms with Crippen LogP contribution in [-0.2, 0) is 9.59 Å². The van der Waals surface area contributed by atoms with Crippen LogP contribution in [0.2, 0.25) is 10.0 Å². The van der Waals surface area contributed by atoms with Gasteiger partial charge in [0.15, 0.2) is 13.1 Å². The monoisotopic (exact) mass is 380 g/mol. The normalized spacial score (nSPS) is 11.7. The van der Waals surface area contributed by atoms with Crippen molar-refractivity contribution in [2.24, 2.45) is 0 Å². The summed E-state index contributed by atoms with van der Waals surface area (Å²) in [5.74, 6) is -0.338. The molecule has 0 heterocycles. The molecule has 0 fully saturated rings. The third kappa shape index (κ3) is 5.46. The number of carbonyl (C=O) groups excluding carboxylic acids is 2. The fraction of sp³-hybridized carbons (Fsp3) is 0.222. The molecule has 0 aliphatic rings. The molecule has 0 radical (unpaired) electrons.